The van der Waals surface area contributed by atoms with E-state index in [9.17, 15) is 8.78 Å². The molecule has 0 amide bonds. The summed E-state index contributed by atoms with van der Waals surface area (Å²) in [5.41, 5.74) is 0. The third-order valence-electron chi connectivity index (χ3n) is 2.95. The number of halogens is 2. The van der Waals surface area contributed by atoms with Gasteiger partial charge in [0.1, 0.15) is 0 Å². The van der Waals surface area contributed by atoms with Crippen LogP contribution in [0.25, 0.3) is 0 Å². The van der Waals surface area contributed by atoms with Crippen LogP contribution in [0.5, 0.6) is 0 Å². The Morgan fingerprint density at radius 2 is 1.92 bits per heavy atom. The van der Waals surface area contributed by atoms with E-state index in [4.69, 9.17) is 0 Å². The fraction of sp³-hybridized carbons (Fsp3) is 1.00. The molecule has 2 heterocycles. The predicted molar refractivity (Wildman–Crippen MR) is 51.5 cm³/mol. The maximum absolute atomic E-state index is 12.8. The Balaban J connectivity index is 1.83. The summed E-state index contributed by atoms with van der Waals surface area (Å²) in [5.74, 6) is -0.0363. The fourth-order valence-corrected chi connectivity index (χ4v) is 3.28. The zero-order valence-corrected chi connectivity index (χ0v) is 8.45. The molecule has 2 fully saturated rings. The summed E-state index contributed by atoms with van der Waals surface area (Å²) >= 11 is 1.95. The molecule has 2 aliphatic rings. The van der Waals surface area contributed by atoms with E-state index in [1.54, 1.807) is 0 Å². The molecule has 0 aromatic rings. The molecule has 0 radical (unpaired) electrons. The van der Waals surface area contributed by atoms with Crippen LogP contribution >= 0.6 is 11.8 Å². The average Bonchev–Trinajstić information content (AvgIpc) is 2.56. The van der Waals surface area contributed by atoms with E-state index in [1.807, 2.05) is 11.8 Å². The molecule has 0 N–H and O–H groups in total. The van der Waals surface area contributed by atoms with Gasteiger partial charge in [-0.2, -0.15) is 11.8 Å². The summed E-state index contributed by atoms with van der Waals surface area (Å²) in [5, 5.41) is 0. The minimum Gasteiger partial charge on any atom is -0.299 e. The first-order valence-electron chi connectivity index (χ1n) is 4.87. The van der Waals surface area contributed by atoms with E-state index in [-0.39, 0.29) is 12.8 Å². The number of hydrogen-bond donors (Lipinski definition) is 0. The van der Waals surface area contributed by atoms with Crippen molar-refractivity contribution >= 4 is 11.8 Å². The summed E-state index contributed by atoms with van der Waals surface area (Å²) < 4.78 is 25.7. The summed E-state index contributed by atoms with van der Waals surface area (Å²) in [6.07, 6.45) is 1.32. The standard InChI is InChI=1S/C9H15F2NS/c10-9(11)2-4-12(5-3-9)8-1-6-13-7-8/h8H,1-7H2. The fourth-order valence-electron chi connectivity index (χ4n) is 2.03. The van der Waals surface area contributed by atoms with Crippen LogP contribution in [0, 0.1) is 0 Å². The van der Waals surface area contributed by atoms with Gasteiger partial charge in [0.15, 0.2) is 0 Å². The third kappa shape index (κ3) is 2.34. The topological polar surface area (TPSA) is 3.24 Å². The van der Waals surface area contributed by atoms with E-state index in [1.165, 1.54) is 12.2 Å². The molecule has 2 aliphatic heterocycles. The Labute approximate surface area is 81.9 Å². The van der Waals surface area contributed by atoms with Gasteiger partial charge in [-0.25, -0.2) is 8.78 Å². The van der Waals surface area contributed by atoms with E-state index in [0.717, 1.165) is 5.75 Å². The smallest absolute Gasteiger partial charge is 0.250 e. The molecule has 2 saturated heterocycles. The van der Waals surface area contributed by atoms with Crippen LogP contribution in [-0.2, 0) is 0 Å². The minimum atomic E-state index is -2.39. The zero-order chi connectivity index (χ0) is 9.31. The number of piperidine rings is 1. The van der Waals surface area contributed by atoms with Crippen LogP contribution in [-0.4, -0.2) is 41.5 Å². The Bertz CT molecular complexity index is 170. The Hall–Kier alpha value is 0.170. The van der Waals surface area contributed by atoms with Gasteiger partial charge in [0, 0.05) is 37.7 Å². The number of nitrogens with zero attached hydrogens (tertiary/aromatic N) is 1. The first-order valence-corrected chi connectivity index (χ1v) is 6.02. The van der Waals surface area contributed by atoms with Gasteiger partial charge in [-0.3, -0.25) is 4.90 Å². The van der Waals surface area contributed by atoms with Crippen molar-refractivity contribution in [2.75, 3.05) is 24.6 Å². The van der Waals surface area contributed by atoms with Gasteiger partial charge in [0.05, 0.1) is 0 Å². The predicted octanol–water partition coefficient (Wildman–Crippen LogP) is 2.22. The highest BCUT2D eigenvalue weighted by Crippen LogP contribution is 2.31. The Morgan fingerprint density at radius 3 is 2.46 bits per heavy atom. The molecule has 4 heteroatoms. The number of rotatable bonds is 1. The number of hydrogen-bond acceptors (Lipinski definition) is 2. The first-order chi connectivity index (χ1) is 6.17. The maximum atomic E-state index is 12.8. The van der Waals surface area contributed by atoms with Gasteiger partial charge in [0.2, 0.25) is 0 Å². The van der Waals surface area contributed by atoms with E-state index in [2.05, 4.69) is 4.90 Å². The third-order valence-corrected chi connectivity index (χ3v) is 4.10. The maximum Gasteiger partial charge on any atom is 0.250 e. The van der Waals surface area contributed by atoms with Gasteiger partial charge in [-0.15, -0.1) is 0 Å². The largest absolute Gasteiger partial charge is 0.299 e. The Morgan fingerprint density at radius 1 is 1.23 bits per heavy atom. The molecule has 0 aromatic carbocycles. The lowest BCUT2D eigenvalue weighted by molar-refractivity contribution is -0.0610. The molecule has 76 valence electrons. The monoisotopic (exact) mass is 207 g/mol. The molecular formula is C9H15F2NS. The molecule has 0 aliphatic carbocycles. The Kier molecular flexibility index (Phi) is 2.79. The summed E-state index contributed by atoms with van der Waals surface area (Å²) in [6.45, 7) is 1.19. The van der Waals surface area contributed by atoms with Gasteiger partial charge < -0.3 is 0 Å². The molecule has 0 spiro atoms. The summed E-state index contributed by atoms with van der Waals surface area (Å²) in [4.78, 5) is 2.25. The van der Waals surface area contributed by atoms with Crippen molar-refractivity contribution in [3.8, 4) is 0 Å². The molecule has 1 unspecified atom stereocenters. The van der Waals surface area contributed by atoms with Crippen molar-refractivity contribution in [3.63, 3.8) is 0 Å². The van der Waals surface area contributed by atoms with Gasteiger partial charge in [-0.1, -0.05) is 0 Å². The second kappa shape index (κ2) is 3.73. The van der Waals surface area contributed by atoms with Crippen LogP contribution in [0.1, 0.15) is 19.3 Å². The van der Waals surface area contributed by atoms with Crippen LogP contribution < -0.4 is 0 Å². The van der Waals surface area contributed by atoms with E-state index >= 15 is 0 Å². The van der Waals surface area contributed by atoms with Crippen LogP contribution in [0.15, 0.2) is 0 Å². The van der Waals surface area contributed by atoms with E-state index in [0.29, 0.717) is 19.1 Å². The molecule has 0 bridgehead atoms. The number of likely N-dealkylation sites (tertiary alicyclic amines) is 1. The van der Waals surface area contributed by atoms with Crippen LogP contribution in [0.2, 0.25) is 0 Å². The van der Waals surface area contributed by atoms with Crippen LogP contribution in [0.4, 0.5) is 8.78 Å². The molecule has 1 atom stereocenters. The van der Waals surface area contributed by atoms with Gasteiger partial charge >= 0.3 is 0 Å². The molecule has 0 saturated carbocycles. The molecule has 1 nitrogen and oxygen atoms in total. The SMILES string of the molecule is FC1(F)CCN(C2CCSC2)CC1. The number of thioether (sulfide) groups is 1. The van der Waals surface area contributed by atoms with Crippen LogP contribution in [0.3, 0.4) is 0 Å². The highest BCUT2D eigenvalue weighted by molar-refractivity contribution is 7.99. The van der Waals surface area contributed by atoms with Crippen molar-refractivity contribution < 1.29 is 8.78 Å². The van der Waals surface area contributed by atoms with Crippen molar-refractivity contribution in [2.45, 2.75) is 31.2 Å². The lowest BCUT2D eigenvalue weighted by atomic mass is 10.0. The van der Waals surface area contributed by atoms with Crippen molar-refractivity contribution in [2.24, 2.45) is 0 Å². The summed E-state index contributed by atoms with van der Waals surface area (Å²) in [7, 11) is 0. The lowest BCUT2D eigenvalue weighted by Gasteiger charge is -2.35. The second-order valence-electron chi connectivity index (χ2n) is 3.91. The average molecular weight is 207 g/mol. The second-order valence-corrected chi connectivity index (χ2v) is 5.06. The highest BCUT2D eigenvalue weighted by atomic mass is 32.2. The quantitative estimate of drug-likeness (QED) is 0.648. The number of alkyl halides is 2. The highest BCUT2D eigenvalue weighted by Gasteiger charge is 2.36. The van der Waals surface area contributed by atoms with Crippen molar-refractivity contribution in [3.05, 3.63) is 0 Å². The van der Waals surface area contributed by atoms with Crippen molar-refractivity contribution in [1.29, 1.82) is 0 Å². The molecule has 2 rings (SSSR count). The zero-order valence-electron chi connectivity index (χ0n) is 7.64. The molecule has 0 aromatic heterocycles. The first kappa shape index (κ1) is 9.71. The minimum absolute atomic E-state index is 0.0637. The van der Waals surface area contributed by atoms with Gasteiger partial charge in [0.25, 0.3) is 5.92 Å². The van der Waals surface area contributed by atoms with Gasteiger partial charge in [-0.05, 0) is 12.2 Å². The lowest BCUT2D eigenvalue weighted by Crippen LogP contribution is -2.45. The normalized spacial score (nSPS) is 35.1. The molecule has 13 heavy (non-hydrogen) atoms. The van der Waals surface area contributed by atoms with Crippen molar-refractivity contribution in [1.82, 2.24) is 4.90 Å². The molecular weight excluding hydrogens is 192 g/mol. The summed E-state index contributed by atoms with van der Waals surface area (Å²) in [6, 6.07) is 0.584. The van der Waals surface area contributed by atoms with E-state index < -0.39 is 5.92 Å².